The van der Waals surface area contributed by atoms with Crippen LogP contribution in [0.15, 0.2) is 41.3 Å². The summed E-state index contributed by atoms with van der Waals surface area (Å²) in [4.78, 5) is 1.11. The monoisotopic (exact) mass is 350 g/mol. The molecule has 0 radical (unpaired) electrons. The highest BCUT2D eigenvalue weighted by molar-refractivity contribution is 7.99. The van der Waals surface area contributed by atoms with Crippen LogP contribution in [0.2, 0.25) is 0 Å². The zero-order chi connectivity index (χ0) is 17.1. The molecular formula is C18H22O5S. The van der Waals surface area contributed by atoms with Crippen molar-refractivity contribution < 1.29 is 24.8 Å². The molecule has 0 saturated carbocycles. The molecule has 2 aromatic rings. The van der Waals surface area contributed by atoms with Crippen LogP contribution in [-0.2, 0) is 4.74 Å². The quantitative estimate of drug-likeness (QED) is 0.717. The van der Waals surface area contributed by atoms with Crippen LogP contribution >= 0.6 is 11.8 Å². The second-order valence-corrected chi connectivity index (χ2v) is 6.96. The Labute approximate surface area is 145 Å². The molecule has 1 aliphatic heterocycles. The predicted octanol–water partition coefficient (Wildman–Crippen LogP) is 2.16. The molecule has 0 bridgehead atoms. The molecule has 0 unspecified atom stereocenters. The summed E-state index contributed by atoms with van der Waals surface area (Å²) < 4.78 is 11.2. The van der Waals surface area contributed by atoms with E-state index in [0.29, 0.717) is 5.75 Å². The summed E-state index contributed by atoms with van der Waals surface area (Å²) in [5, 5.41) is 31.5. The maximum atomic E-state index is 10.1. The zero-order valence-corrected chi connectivity index (χ0v) is 14.3. The molecule has 5 nitrogen and oxygen atoms in total. The van der Waals surface area contributed by atoms with E-state index in [2.05, 4.69) is 6.92 Å². The molecule has 1 fully saturated rings. The van der Waals surface area contributed by atoms with Crippen molar-refractivity contribution in [3.8, 4) is 5.75 Å². The number of aliphatic hydroxyl groups excluding tert-OH is 3. The Kier molecular flexibility index (Phi) is 5.63. The van der Waals surface area contributed by atoms with Crippen molar-refractivity contribution in [1.29, 1.82) is 0 Å². The molecule has 24 heavy (non-hydrogen) atoms. The van der Waals surface area contributed by atoms with Gasteiger partial charge >= 0.3 is 0 Å². The van der Waals surface area contributed by atoms with Gasteiger partial charge in [-0.15, -0.1) is 11.8 Å². The van der Waals surface area contributed by atoms with Gasteiger partial charge in [0.05, 0.1) is 6.61 Å². The predicted molar refractivity (Wildman–Crippen MR) is 93.4 cm³/mol. The van der Waals surface area contributed by atoms with Crippen molar-refractivity contribution in [3.05, 3.63) is 36.4 Å². The lowest BCUT2D eigenvalue weighted by molar-refractivity contribution is -0.241. The number of hydrogen-bond donors (Lipinski definition) is 3. The molecule has 1 aliphatic rings. The van der Waals surface area contributed by atoms with E-state index in [0.717, 1.165) is 27.8 Å². The largest absolute Gasteiger partial charge is 0.461 e. The molecule has 0 amide bonds. The summed E-state index contributed by atoms with van der Waals surface area (Å²) in [6, 6.07) is 11.8. The second-order valence-electron chi connectivity index (χ2n) is 5.83. The molecular weight excluding hydrogens is 328 g/mol. The molecule has 0 spiro atoms. The van der Waals surface area contributed by atoms with Crippen molar-refractivity contribution in [3.63, 3.8) is 0 Å². The van der Waals surface area contributed by atoms with Gasteiger partial charge in [0.25, 0.3) is 0 Å². The van der Waals surface area contributed by atoms with Gasteiger partial charge in [0.15, 0.2) is 0 Å². The molecule has 0 aliphatic carbocycles. The van der Waals surface area contributed by atoms with Gasteiger partial charge in [-0.25, -0.2) is 0 Å². The van der Waals surface area contributed by atoms with Gasteiger partial charge in [-0.3, -0.25) is 0 Å². The number of benzene rings is 2. The van der Waals surface area contributed by atoms with Crippen LogP contribution in [0.5, 0.6) is 5.75 Å². The second kappa shape index (κ2) is 7.72. The Balaban J connectivity index is 1.91. The van der Waals surface area contributed by atoms with Gasteiger partial charge in [0.1, 0.15) is 24.1 Å². The highest BCUT2D eigenvalue weighted by Crippen LogP contribution is 2.36. The van der Waals surface area contributed by atoms with E-state index in [1.54, 1.807) is 11.8 Å². The van der Waals surface area contributed by atoms with E-state index < -0.39 is 24.6 Å². The van der Waals surface area contributed by atoms with E-state index in [9.17, 15) is 15.3 Å². The first-order valence-corrected chi connectivity index (χ1v) is 9.07. The lowest BCUT2D eigenvalue weighted by atomic mass is 10.1. The SMILES string of the molecule is CCCSc1cccc2cccc(O[C@@H]3OC[C@@H](O)[C@H](O)[C@H]3O)c12. The first-order chi connectivity index (χ1) is 11.6. The molecule has 2 aromatic carbocycles. The van der Waals surface area contributed by atoms with Crippen LogP contribution in [-0.4, -0.2) is 52.3 Å². The third kappa shape index (κ3) is 3.53. The highest BCUT2D eigenvalue weighted by Gasteiger charge is 2.39. The van der Waals surface area contributed by atoms with Gasteiger partial charge in [-0.1, -0.05) is 31.2 Å². The van der Waals surface area contributed by atoms with Gasteiger partial charge in [-0.05, 0) is 29.7 Å². The molecule has 6 heteroatoms. The lowest BCUT2D eigenvalue weighted by Crippen LogP contribution is -2.54. The average Bonchev–Trinajstić information content (AvgIpc) is 2.60. The smallest absolute Gasteiger partial charge is 0.228 e. The van der Waals surface area contributed by atoms with Crippen molar-refractivity contribution >= 4 is 22.5 Å². The molecule has 3 rings (SSSR count). The topological polar surface area (TPSA) is 79.2 Å². The van der Waals surface area contributed by atoms with Crippen molar-refractivity contribution in [2.24, 2.45) is 0 Å². The maximum absolute atomic E-state index is 10.1. The third-order valence-electron chi connectivity index (χ3n) is 3.99. The summed E-state index contributed by atoms with van der Waals surface area (Å²) in [5.41, 5.74) is 0. The summed E-state index contributed by atoms with van der Waals surface area (Å²) in [6.45, 7) is 2.06. The fourth-order valence-corrected chi connectivity index (χ4v) is 3.67. The maximum Gasteiger partial charge on any atom is 0.228 e. The fraction of sp³-hybridized carbons (Fsp3) is 0.444. The Bertz CT molecular complexity index is 687. The number of rotatable bonds is 5. The van der Waals surface area contributed by atoms with E-state index in [1.165, 1.54) is 0 Å². The molecule has 1 saturated heterocycles. The first-order valence-electron chi connectivity index (χ1n) is 8.08. The Morgan fingerprint density at radius 2 is 1.88 bits per heavy atom. The van der Waals surface area contributed by atoms with Crippen LogP contribution in [0, 0.1) is 0 Å². The normalized spacial score (nSPS) is 27.3. The average molecular weight is 350 g/mol. The standard InChI is InChI=1S/C18H22O5S/c1-2-9-24-14-8-4-6-11-5-3-7-13(15(11)14)23-18-17(21)16(20)12(19)10-22-18/h3-8,12,16-21H,2,9-10H2,1H3/t12-,16+,17-,18+/m1/s1. The summed E-state index contributed by atoms with van der Waals surface area (Å²) in [6.07, 6.45) is -3.65. The molecule has 3 N–H and O–H groups in total. The minimum Gasteiger partial charge on any atom is -0.461 e. The van der Waals surface area contributed by atoms with Crippen LogP contribution in [0.4, 0.5) is 0 Å². The van der Waals surface area contributed by atoms with Crippen LogP contribution in [0.25, 0.3) is 10.8 Å². The number of fused-ring (bicyclic) bond motifs is 1. The number of aliphatic hydroxyl groups is 3. The van der Waals surface area contributed by atoms with Gasteiger partial charge < -0.3 is 24.8 Å². The molecule has 130 valence electrons. The summed E-state index contributed by atoms with van der Waals surface area (Å²) in [7, 11) is 0. The third-order valence-corrected chi connectivity index (χ3v) is 5.25. The fourth-order valence-electron chi connectivity index (χ4n) is 2.71. The summed E-state index contributed by atoms with van der Waals surface area (Å²) in [5.74, 6) is 1.60. The van der Waals surface area contributed by atoms with Crippen LogP contribution in [0.3, 0.4) is 0 Å². The van der Waals surface area contributed by atoms with Crippen molar-refractivity contribution in [2.45, 2.75) is 42.8 Å². The van der Waals surface area contributed by atoms with Crippen molar-refractivity contribution in [1.82, 2.24) is 0 Å². The van der Waals surface area contributed by atoms with E-state index in [4.69, 9.17) is 9.47 Å². The van der Waals surface area contributed by atoms with Crippen molar-refractivity contribution in [2.75, 3.05) is 12.4 Å². The van der Waals surface area contributed by atoms with Crippen LogP contribution < -0.4 is 4.74 Å². The van der Waals surface area contributed by atoms with E-state index in [1.807, 2.05) is 36.4 Å². The molecule has 4 atom stereocenters. The van der Waals surface area contributed by atoms with E-state index in [-0.39, 0.29) is 6.61 Å². The number of ether oxygens (including phenoxy) is 2. The number of hydrogen-bond acceptors (Lipinski definition) is 6. The van der Waals surface area contributed by atoms with Gasteiger partial charge in [0, 0.05) is 10.3 Å². The van der Waals surface area contributed by atoms with E-state index >= 15 is 0 Å². The molecule has 1 heterocycles. The molecule has 0 aromatic heterocycles. The Morgan fingerprint density at radius 3 is 2.62 bits per heavy atom. The summed E-state index contributed by atoms with van der Waals surface area (Å²) >= 11 is 1.76. The highest BCUT2D eigenvalue weighted by atomic mass is 32.2. The minimum atomic E-state index is -1.31. The number of thioether (sulfide) groups is 1. The van der Waals surface area contributed by atoms with Gasteiger partial charge in [-0.2, -0.15) is 0 Å². The lowest BCUT2D eigenvalue weighted by Gasteiger charge is -2.35. The zero-order valence-electron chi connectivity index (χ0n) is 13.5. The Morgan fingerprint density at radius 1 is 1.12 bits per heavy atom. The van der Waals surface area contributed by atoms with Crippen LogP contribution in [0.1, 0.15) is 13.3 Å². The van der Waals surface area contributed by atoms with Gasteiger partial charge in [0.2, 0.25) is 6.29 Å². The minimum absolute atomic E-state index is 0.0783. The first kappa shape index (κ1) is 17.5. The Hall–Kier alpha value is -1.31.